The number of halogens is 4. The zero-order valence-electron chi connectivity index (χ0n) is 10.4. The third kappa shape index (κ3) is 3.88. The molecule has 0 unspecified atom stereocenters. The van der Waals surface area contributed by atoms with Crippen LogP contribution in [0.5, 0.6) is 0 Å². The van der Waals surface area contributed by atoms with E-state index in [0.29, 0.717) is 5.33 Å². The molecule has 21 heavy (non-hydrogen) atoms. The van der Waals surface area contributed by atoms with Crippen LogP contribution in [0.4, 0.5) is 10.1 Å². The van der Waals surface area contributed by atoms with Crippen LogP contribution < -0.4 is 4.72 Å². The normalized spacial score (nSPS) is 11.4. The average molecular weight is 413 g/mol. The highest BCUT2D eigenvalue weighted by molar-refractivity contribution is 9.08. The number of sulfonamides is 1. The summed E-state index contributed by atoms with van der Waals surface area (Å²) < 4.78 is 39.9. The van der Waals surface area contributed by atoms with Gasteiger partial charge in [-0.05, 0) is 29.8 Å². The summed E-state index contributed by atoms with van der Waals surface area (Å²) in [5, 5.41) is 0.400. The number of anilines is 1. The van der Waals surface area contributed by atoms with Crippen molar-refractivity contribution < 1.29 is 12.8 Å². The maximum Gasteiger partial charge on any atom is 0.261 e. The van der Waals surface area contributed by atoms with Crippen LogP contribution in [0.15, 0.2) is 41.3 Å². The maximum atomic E-state index is 13.1. The lowest BCUT2D eigenvalue weighted by Crippen LogP contribution is -2.13. The molecule has 0 amide bonds. The fourth-order valence-electron chi connectivity index (χ4n) is 1.59. The van der Waals surface area contributed by atoms with Crippen molar-refractivity contribution in [2.45, 2.75) is 10.2 Å². The van der Waals surface area contributed by atoms with Gasteiger partial charge in [-0.2, -0.15) is 0 Å². The van der Waals surface area contributed by atoms with Gasteiger partial charge in [0.2, 0.25) is 0 Å². The topological polar surface area (TPSA) is 46.2 Å². The first-order valence-electron chi connectivity index (χ1n) is 5.66. The number of hydrogen-bond donors (Lipinski definition) is 1. The summed E-state index contributed by atoms with van der Waals surface area (Å²) in [6.07, 6.45) is 0. The minimum Gasteiger partial charge on any atom is -0.277 e. The predicted molar refractivity (Wildman–Crippen MR) is 86.3 cm³/mol. The van der Waals surface area contributed by atoms with E-state index >= 15 is 0 Å². The Morgan fingerprint density at radius 2 is 1.62 bits per heavy atom. The Morgan fingerprint density at radius 1 is 1.10 bits per heavy atom. The van der Waals surface area contributed by atoms with E-state index in [4.69, 9.17) is 23.2 Å². The molecule has 2 aromatic carbocycles. The molecule has 0 atom stereocenters. The Balaban J connectivity index is 2.37. The van der Waals surface area contributed by atoms with Gasteiger partial charge in [0.25, 0.3) is 10.0 Å². The van der Waals surface area contributed by atoms with Gasteiger partial charge in [-0.25, -0.2) is 12.8 Å². The Morgan fingerprint density at radius 3 is 2.10 bits per heavy atom. The highest BCUT2D eigenvalue weighted by Gasteiger charge is 2.18. The summed E-state index contributed by atoms with van der Waals surface area (Å²) in [7, 11) is -3.85. The van der Waals surface area contributed by atoms with E-state index in [-0.39, 0.29) is 20.6 Å². The second kappa shape index (κ2) is 6.52. The van der Waals surface area contributed by atoms with Crippen LogP contribution >= 0.6 is 39.1 Å². The Kier molecular flexibility index (Phi) is 5.14. The lowest BCUT2D eigenvalue weighted by Gasteiger charge is -2.11. The number of hydrogen-bond acceptors (Lipinski definition) is 2. The smallest absolute Gasteiger partial charge is 0.261 e. The first-order valence-corrected chi connectivity index (χ1v) is 9.02. The van der Waals surface area contributed by atoms with E-state index in [1.54, 1.807) is 12.1 Å². The van der Waals surface area contributed by atoms with Gasteiger partial charge in [0.1, 0.15) is 5.82 Å². The summed E-state index contributed by atoms with van der Waals surface area (Å²) >= 11 is 14.9. The molecule has 1 N–H and O–H groups in total. The van der Waals surface area contributed by atoms with Gasteiger partial charge in [0.05, 0.1) is 20.6 Å². The number of rotatable bonds is 4. The second-order valence-electron chi connectivity index (χ2n) is 4.13. The molecule has 0 saturated heterocycles. The molecule has 0 bridgehead atoms. The van der Waals surface area contributed by atoms with Crippen molar-refractivity contribution in [3.05, 3.63) is 57.8 Å². The quantitative estimate of drug-likeness (QED) is 0.731. The van der Waals surface area contributed by atoms with E-state index in [9.17, 15) is 12.8 Å². The summed E-state index contributed by atoms with van der Waals surface area (Å²) in [6, 6.07) is 8.25. The van der Waals surface area contributed by atoms with E-state index in [0.717, 1.165) is 17.7 Å². The Labute approximate surface area is 140 Å². The predicted octanol–water partition coefficient (Wildman–Crippen LogP) is 4.83. The molecule has 8 heteroatoms. The van der Waals surface area contributed by atoms with Crippen molar-refractivity contribution in [1.29, 1.82) is 0 Å². The molecule has 2 aromatic rings. The first-order chi connectivity index (χ1) is 9.83. The summed E-state index contributed by atoms with van der Waals surface area (Å²) in [4.78, 5) is 0.0589. The van der Waals surface area contributed by atoms with Gasteiger partial charge in [-0.3, -0.25) is 4.72 Å². The molecule has 0 fully saturated rings. The van der Waals surface area contributed by atoms with Crippen molar-refractivity contribution in [3.8, 4) is 0 Å². The van der Waals surface area contributed by atoms with Crippen molar-refractivity contribution in [2.24, 2.45) is 0 Å². The summed E-state index contributed by atoms with van der Waals surface area (Å²) in [6.45, 7) is 0. The molecule has 0 aromatic heterocycles. The number of benzene rings is 2. The van der Waals surface area contributed by atoms with Gasteiger partial charge in [-0.1, -0.05) is 51.3 Å². The van der Waals surface area contributed by atoms with E-state index in [2.05, 4.69) is 20.7 Å². The molecule has 3 nitrogen and oxygen atoms in total. The maximum absolute atomic E-state index is 13.1. The second-order valence-corrected chi connectivity index (χ2v) is 7.19. The first kappa shape index (κ1) is 16.5. The van der Waals surface area contributed by atoms with E-state index in [1.807, 2.05) is 0 Å². The van der Waals surface area contributed by atoms with Crippen LogP contribution in [0, 0.1) is 5.82 Å². The average Bonchev–Trinajstić information content (AvgIpc) is 2.43. The standard InChI is InChI=1S/C13H9BrCl2FNO2S/c14-7-8-1-3-10(4-2-8)21(19,20)18-13-11(15)5-9(17)6-12(13)16/h1-6,18H,7H2. The molecule has 0 aliphatic heterocycles. The molecule has 2 rings (SSSR count). The zero-order chi connectivity index (χ0) is 15.6. The van der Waals surface area contributed by atoms with Crippen molar-refractivity contribution in [3.63, 3.8) is 0 Å². The molecule has 0 radical (unpaired) electrons. The fraction of sp³-hybridized carbons (Fsp3) is 0.0769. The van der Waals surface area contributed by atoms with Crippen LogP contribution in [0.2, 0.25) is 10.0 Å². The van der Waals surface area contributed by atoms with Gasteiger partial charge in [0.15, 0.2) is 0 Å². The van der Waals surface area contributed by atoms with Crippen LogP contribution in [0.1, 0.15) is 5.56 Å². The van der Waals surface area contributed by atoms with E-state index < -0.39 is 15.8 Å². The monoisotopic (exact) mass is 411 g/mol. The molecule has 0 saturated carbocycles. The Bertz CT molecular complexity index is 743. The van der Waals surface area contributed by atoms with Crippen LogP contribution in [0.25, 0.3) is 0 Å². The lowest BCUT2D eigenvalue weighted by molar-refractivity contribution is 0.601. The third-order valence-corrected chi connectivity index (χ3v) is 5.24. The zero-order valence-corrected chi connectivity index (χ0v) is 14.3. The summed E-state index contributed by atoms with van der Waals surface area (Å²) in [5.41, 5.74) is 0.885. The largest absolute Gasteiger partial charge is 0.277 e. The third-order valence-electron chi connectivity index (χ3n) is 2.63. The fourth-order valence-corrected chi connectivity index (χ4v) is 3.73. The molecule has 0 aliphatic rings. The molecule has 0 aliphatic carbocycles. The van der Waals surface area contributed by atoms with Crippen molar-refractivity contribution in [1.82, 2.24) is 0 Å². The molecular formula is C13H9BrCl2FNO2S. The Hall–Kier alpha value is -0.820. The van der Waals surface area contributed by atoms with Crippen LogP contribution in [0.3, 0.4) is 0 Å². The van der Waals surface area contributed by atoms with Crippen molar-refractivity contribution >= 4 is 54.8 Å². The minimum atomic E-state index is -3.85. The SMILES string of the molecule is O=S(=O)(Nc1c(Cl)cc(F)cc1Cl)c1ccc(CBr)cc1. The van der Waals surface area contributed by atoms with E-state index in [1.165, 1.54) is 12.1 Å². The van der Waals surface area contributed by atoms with Gasteiger partial charge in [-0.15, -0.1) is 0 Å². The van der Waals surface area contributed by atoms with Gasteiger partial charge < -0.3 is 0 Å². The highest BCUT2D eigenvalue weighted by atomic mass is 79.9. The summed E-state index contributed by atoms with van der Waals surface area (Å²) in [5.74, 6) is -0.644. The van der Waals surface area contributed by atoms with Crippen molar-refractivity contribution in [2.75, 3.05) is 4.72 Å². The van der Waals surface area contributed by atoms with Gasteiger partial charge >= 0.3 is 0 Å². The minimum absolute atomic E-state index is 0.0516. The lowest BCUT2D eigenvalue weighted by atomic mass is 10.2. The number of alkyl halides is 1. The highest BCUT2D eigenvalue weighted by Crippen LogP contribution is 2.33. The number of nitrogens with one attached hydrogen (secondary N) is 1. The van der Waals surface area contributed by atoms with Crippen LogP contribution in [-0.2, 0) is 15.4 Å². The molecule has 0 heterocycles. The van der Waals surface area contributed by atoms with Crippen LogP contribution in [-0.4, -0.2) is 8.42 Å². The molecular weight excluding hydrogens is 404 g/mol. The molecule has 0 spiro atoms. The van der Waals surface area contributed by atoms with Gasteiger partial charge in [0, 0.05) is 5.33 Å². The molecule has 112 valence electrons.